The number of likely N-dealkylation sites (N-methyl/N-ethyl adjacent to an activating group) is 1. The minimum Gasteiger partial charge on any atom is -0.466 e. The molecule has 0 aromatic carbocycles. The SMILES string of the molecule is CCNC(c1occc1Br)C1(OCC)CCC(C)(C)CC1. The summed E-state index contributed by atoms with van der Waals surface area (Å²) in [4.78, 5) is 0. The molecule has 0 amide bonds. The van der Waals surface area contributed by atoms with Gasteiger partial charge in [-0.3, -0.25) is 0 Å². The molecule has 4 heteroatoms. The summed E-state index contributed by atoms with van der Waals surface area (Å²) in [6.45, 7) is 10.6. The van der Waals surface area contributed by atoms with Gasteiger partial charge in [0.05, 0.1) is 22.4 Å². The summed E-state index contributed by atoms with van der Waals surface area (Å²) in [5.74, 6) is 0.963. The van der Waals surface area contributed by atoms with Gasteiger partial charge < -0.3 is 14.5 Å². The Labute approximate surface area is 136 Å². The molecule has 1 N–H and O–H groups in total. The van der Waals surface area contributed by atoms with Crippen molar-refractivity contribution in [2.75, 3.05) is 13.2 Å². The lowest BCUT2D eigenvalue weighted by Gasteiger charge is -2.47. The number of hydrogen-bond donors (Lipinski definition) is 1. The summed E-state index contributed by atoms with van der Waals surface area (Å²) in [7, 11) is 0. The largest absolute Gasteiger partial charge is 0.466 e. The van der Waals surface area contributed by atoms with Gasteiger partial charge in [-0.25, -0.2) is 0 Å². The normalized spacial score (nSPS) is 22.1. The van der Waals surface area contributed by atoms with Gasteiger partial charge in [-0.05, 0) is 66.6 Å². The van der Waals surface area contributed by atoms with Crippen LogP contribution in [0.25, 0.3) is 0 Å². The maximum Gasteiger partial charge on any atom is 0.137 e. The van der Waals surface area contributed by atoms with Crippen molar-refractivity contribution in [3.63, 3.8) is 0 Å². The molecule has 1 aromatic heterocycles. The van der Waals surface area contributed by atoms with Gasteiger partial charge in [-0.1, -0.05) is 20.8 Å². The van der Waals surface area contributed by atoms with Crippen molar-refractivity contribution in [2.45, 2.75) is 65.0 Å². The van der Waals surface area contributed by atoms with Gasteiger partial charge >= 0.3 is 0 Å². The molecule has 1 saturated carbocycles. The summed E-state index contributed by atoms with van der Waals surface area (Å²) in [6.07, 6.45) is 6.26. The number of hydrogen-bond acceptors (Lipinski definition) is 3. The fraction of sp³-hybridized carbons (Fsp3) is 0.765. The predicted octanol–water partition coefficient (Wildman–Crippen LogP) is 5.07. The molecule has 0 radical (unpaired) electrons. The summed E-state index contributed by atoms with van der Waals surface area (Å²) in [6, 6.07) is 2.06. The third-order valence-electron chi connectivity index (χ3n) is 4.72. The topological polar surface area (TPSA) is 34.4 Å². The van der Waals surface area contributed by atoms with Crippen LogP contribution in [-0.4, -0.2) is 18.8 Å². The highest BCUT2D eigenvalue weighted by Gasteiger charge is 2.46. The van der Waals surface area contributed by atoms with Gasteiger partial charge in [0.1, 0.15) is 5.76 Å². The van der Waals surface area contributed by atoms with Crippen LogP contribution < -0.4 is 5.32 Å². The Hall–Kier alpha value is -0.320. The maximum atomic E-state index is 6.31. The number of furan rings is 1. The van der Waals surface area contributed by atoms with Gasteiger partial charge in [0.2, 0.25) is 0 Å². The Bertz CT molecular complexity index is 445. The molecule has 1 aromatic rings. The Morgan fingerprint density at radius 3 is 2.43 bits per heavy atom. The second-order valence-electron chi connectivity index (χ2n) is 6.79. The van der Waals surface area contributed by atoms with Gasteiger partial charge in [0, 0.05) is 6.61 Å². The van der Waals surface area contributed by atoms with E-state index in [-0.39, 0.29) is 11.6 Å². The van der Waals surface area contributed by atoms with Crippen molar-refractivity contribution >= 4 is 15.9 Å². The molecule has 3 nitrogen and oxygen atoms in total. The van der Waals surface area contributed by atoms with E-state index in [1.165, 1.54) is 12.8 Å². The van der Waals surface area contributed by atoms with Gasteiger partial charge in [0.25, 0.3) is 0 Å². The predicted molar refractivity (Wildman–Crippen MR) is 89.4 cm³/mol. The number of nitrogens with one attached hydrogen (secondary N) is 1. The lowest BCUT2D eigenvalue weighted by atomic mass is 9.68. The number of ether oxygens (including phenoxy) is 1. The van der Waals surface area contributed by atoms with E-state index in [2.05, 4.69) is 48.9 Å². The number of halogens is 1. The van der Waals surface area contributed by atoms with Crippen LogP contribution in [0.15, 0.2) is 21.2 Å². The third-order valence-corrected chi connectivity index (χ3v) is 5.38. The minimum atomic E-state index is -0.166. The highest BCUT2D eigenvalue weighted by atomic mass is 79.9. The Balaban J connectivity index is 2.31. The molecule has 1 unspecified atom stereocenters. The highest BCUT2D eigenvalue weighted by Crippen LogP contribution is 2.48. The smallest absolute Gasteiger partial charge is 0.137 e. The molecule has 1 fully saturated rings. The van der Waals surface area contributed by atoms with Crippen molar-refractivity contribution < 1.29 is 9.15 Å². The first-order valence-corrected chi connectivity index (χ1v) is 8.83. The molecule has 1 aliphatic rings. The summed E-state index contributed by atoms with van der Waals surface area (Å²) in [5, 5.41) is 3.60. The molecule has 0 aliphatic heterocycles. The van der Waals surface area contributed by atoms with Crippen LogP contribution in [0.4, 0.5) is 0 Å². The van der Waals surface area contributed by atoms with E-state index in [9.17, 15) is 0 Å². The van der Waals surface area contributed by atoms with E-state index in [1.54, 1.807) is 6.26 Å². The highest BCUT2D eigenvalue weighted by molar-refractivity contribution is 9.10. The Kier molecular flexibility index (Phi) is 5.55. The van der Waals surface area contributed by atoms with Gasteiger partial charge in [0.15, 0.2) is 0 Å². The summed E-state index contributed by atoms with van der Waals surface area (Å²) < 4.78 is 13.1. The van der Waals surface area contributed by atoms with Gasteiger partial charge in [-0.2, -0.15) is 0 Å². The van der Waals surface area contributed by atoms with Crippen molar-refractivity contribution in [3.05, 3.63) is 22.6 Å². The molecule has 21 heavy (non-hydrogen) atoms. The molecule has 1 aliphatic carbocycles. The fourth-order valence-corrected chi connectivity index (χ4v) is 3.82. The average molecular weight is 358 g/mol. The molecule has 0 saturated heterocycles. The first kappa shape index (κ1) is 17.0. The van der Waals surface area contributed by atoms with Crippen molar-refractivity contribution in [3.8, 4) is 0 Å². The molecular formula is C17H28BrNO2. The van der Waals surface area contributed by atoms with Crippen LogP contribution in [0.5, 0.6) is 0 Å². The molecular weight excluding hydrogens is 330 g/mol. The minimum absolute atomic E-state index is 0.0999. The van der Waals surface area contributed by atoms with Crippen molar-refractivity contribution in [1.82, 2.24) is 5.32 Å². The van der Waals surface area contributed by atoms with Crippen LogP contribution >= 0.6 is 15.9 Å². The Morgan fingerprint density at radius 1 is 1.29 bits per heavy atom. The van der Waals surface area contributed by atoms with Crippen LogP contribution in [0.3, 0.4) is 0 Å². The molecule has 120 valence electrons. The van der Waals surface area contributed by atoms with Crippen molar-refractivity contribution in [1.29, 1.82) is 0 Å². The molecule has 1 heterocycles. The fourth-order valence-electron chi connectivity index (χ4n) is 3.39. The zero-order valence-corrected chi connectivity index (χ0v) is 15.3. The van der Waals surface area contributed by atoms with E-state index >= 15 is 0 Å². The van der Waals surface area contributed by atoms with E-state index < -0.39 is 0 Å². The van der Waals surface area contributed by atoms with Crippen LogP contribution in [-0.2, 0) is 4.74 Å². The second-order valence-corrected chi connectivity index (χ2v) is 7.64. The molecule has 0 bridgehead atoms. The van der Waals surface area contributed by atoms with Crippen LogP contribution in [0.2, 0.25) is 0 Å². The Morgan fingerprint density at radius 2 is 1.95 bits per heavy atom. The summed E-state index contributed by atoms with van der Waals surface area (Å²) >= 11 is 3.61. The second kappa shape index (κ2) is 6.84. The lowest BCUT2D eigenvalue weighted by Crippen LogP contribution is -2.49. The number of rotatable bonds is 6. The monoisotopic (exact) mass is 357 g/mol. The summed E-state index contributed by atoms with van der Waals surface area (Å²) in [5.41, 5.74) is 0.248. The molecule has 2 rings (SSSR count). The first-order valence-electron chi connectivity index (χ1n) is 8.04. The zero-order chi connectivity index (χ0) is 15.5. The van der Waals surface area contributed by atoms with E-state index in [0.717, 1.165) is 36.2 Å². The van der Waals surface area contributed by atoms with Gasteiger partial charge in [-0.15, -0.1) is 0 Å². The van der Waals surface area contributed by atoms with Crippen molar-refractivity contribution in [2.24, 2.45) is 5.41 Å². The van der Waals surface area contributed by atoms with E-state index in [0.29, 0.717) is 5.41 Å². The first-order chi connectivity index (χ1) is 9.94. The lowest BCUT2D eigenvalue weighted by molar-refractivity contribution is -0.111. The standard InChI is InChI=1S/C17H28BrNO2/c1-5-19-15(14-13(18)7-12-20-14)17(21-6-2)10-8-16(3,4)9-11-17/h7,12,15,19H,5-6,8-11H2,1-4H3. The quantitative estimate of drug-likeness (QED) is 0.771. The third kappa shape index (κ3) is 3.72. The average Bonchev–Trinajstić information content (AvgIpc) is 2.85. The van der Waals surface area contributed by atoms with Crippen LogP contribution in [0.1, 0.15) is 65.2 Å². The molecule has 0 spiro atoms. The van der Waals surface area contributed by atoms with E-state index in [1.807, 2.05) is 6.07 Å². The molecule has 1 atom stereocenters. The zero-order valence-electron chi connectivity index (χ0n) is 13.7. The van der Waals surface area contributed by atoms with E-state index in [4.69, 9.17) is 9.15 Å². The van der Waals surface area contributed by atoms with Crippen LogP contribution in [0, 0.1) is 5.41 Å². The maximum absolute atomic E-state index is 6.31.